The number of ketones is 1. The summed E-state index contributed by atoms with van der Waals surface area (Å²) in [6, 6.07) is 14.3. The molecule has 3 rings (SSSR count). The highest BCUT2D eigenvalue weighted by molar-refractivity contribution is 6.14. The molecule has 2 aromatic rings. The molecule has 2 aromatic carbocycles. The van der Waals surface area contributed by atoms with Crippen LogP contribution < -0.4 is 9.47 Å². The van der Waals surface area contributed by atoms with Crippen molar-refractivity contribution in [2.24, 2.45) is 0 Å². The standard InChI is InChI=1S/C19H16O5/c20-18(21)8-9-23-15-5-3-4-13(11-15)10-14-12-24-17-7-2-1-6-16(17)19(14)22/h1-7,10-11H,8-9,12H2,(H,20,21)/b14-10-. The van der Waals surface area contributed by atoms with Crippen molar-refractivity contribution in [3.8, 4) is 11.5 Å². The van der Waals surface area contributed by atoms with E-state index in [0.29, 0.717) is 22.6 Å². The Labute approximate surface area is 139 Å². The third kappa shape index (κ3) is 3.63. The highest BCUT2D eigenvalue weighted by Gasteiger charge is 2.22. The van der Waals surface area contributed by atoms with Crippen LogP contribution in [0.3, 0.4) is 0 Å². The van der Waals surface area contributed by atoms with E-state index in [1.807, 2.05) is 12.1 Å². The number of carbonyl (C=O) groups excluding carboxylic acids is 1. The minimum Gasteiger partial charge on any atom is -0.493 e. The van der Waals surface area contributed by atoms with Crippen molar-refractivity contribution < 1.29 is 24.2 Å². The van der Waals surface area contributed by atoms with Crippen molar-refractivity contribution in [1.29, 1.82) is 0 Å². The van der Waals surface area contributed by atoms with Crippen molar-refractivity contribution in [3.63, 3.8) is 0 Å². The molecule has 1 aliphatic rings. The number of aliphatic carboxylic acids is 1. The van der Waals surface area contributed by atoms with Gasteiger partial charge in [-0.1, -0.05) is 24.3 Å². The molecule has 24 heavy (non-hydrogen) atoms. The number of hydrogen-bond acceptors (Lipinski definition) is 4. The van der Waals surface area contributed by atoms with Crippen LogP contribution in [0.5, 0.6) is 11.5 Å². The molecule has 0 atom stereocenters. The Hall–Kier alpha value is -3.08. The summed E-state index contributed by atoms with van der Waals surface area (Å²) < 4.78 is 11.0. The molecule has 0 saturated heterocycles. The molecule has 5 nitrogen and oxygen atoms in total. The first-order chi connectivity index (χ1) is 11.6. The number of fused-ring (bicyclic) bond motifs is 1. The normalized spacial score (nSPS) is 14.8. The molecule has 0 fully saturated rings. The van der Waals surface area contributed by atoms with Crippen LogP contribution in [0.25, 0.3) is 6.08 Å². The quantitative estimate of drug-likeness (QED) is 0.855. The van der Waals surface area contributed by atoms with Crippen molar-refractivity contribution in [2.45, 2.75) is 6.42 Å². The second kappa shape index (κ2) is 7.00. The summed E-state index contributed by atoms with van der Waals surface area (Å²) in [4.78, 5) is 23.0. The van der Waals surface area contributed by atoms with Gasteiger partial charge in [-0.2, -0.15) is 0 Å². The van der Waals surface area contributed by atoms with Gasteiger partial charge in [0.05, 0.1) is 18.6 Å². The SMILES string of the molecule is O=C(O)CCOc1cccc(/C=C2/COc3ccccc3C2=O)c1. The summed E-state index contributed by atoms with van der Waals surface area (Å²) in [6.07, 6.45) is 1.71. The van der Waals surface area contributed by atoms with Crippen molar-refractivity contribution in [2.75, 3.05) is 13.2 Å². The summed E-state index contributed by atoms with van der Waals surface area (Å²) in [5.41, 5.74) is 1.93. The number of Topliss-reactive ketones (excluding diaryl/α,β-unsaturated/α-hetero) is 1. The minimum atomic E-state index is -0.906. The molecule has 0 bridgehead atoms. The molecular formula is C19H16O5. The van der Waals surface area contributed by atoms with Crippen LogP contribution in [0.1, 0.15) is 22.3 Å². The van der Waals surface area contributed by atoms with E-state index >= 15 is 0 Å². The lowest BCUT2D eigenvalue weighted by Gasteiger charge is -2.18. The number of hydrogen-bond donors (Lipinski definition) is 1. The molecule has 0 radical (unpaired) electrons. The van der Waals surface area contributed by atoms with Crippen molar-refractivity contribution in [1.82, 2.24) is 0 Å². The number of benzene rings is 2. The summed E-state index contributed by atoms with van der Waals surface area (Å²) >= 11 is 0. The Bertz CT molecular complexity index is 807. The monoisotopic (exact) mass is 324 g/mol. The molecule has 1 heterocycles. The van der Waals surface area contributed by atoms with Gasteiger partial charge in [-0.3, -0.25) is 9.59 Å². The Morgan fingerprint density at radius 3 is 2.88 bits per heavy atom. The fourth-order valence-corrected chi connectivity index (χ4v) is 2.43. The maximum Gasteiger partial charge on any atom is 0.306 e. The number of para-hydroxylation sites is 1. The van der Waals surface area contributed by atoms with Gasteiger partial charge >= 0.3 is 5.97 Å². The highest BCUT2D eigenvalue weighted by Crippen LogP contribution is 2.28. The van der Waals surface area contributed by atoms with E-state index in [1.165, 1.54) is 0 Å². The second-order valence-electron chi connectivity index (χ2n) is 5.35. The van der Waals surface area contributed by atoms with E-state index in [2.05, 4.69) is 0 Å². The molecule has 0 unspecified atom stereocenters. The first-order valence-electron chi connectivity index (χ1n) is 7.55. The second-order valence-corrected chi connectivity index (χ2v) is 5.35. The molecule has 0 saturated carbocycles. The van der Waals surface area contributed by atoms with Crippen LogP contribution in [0.4, 0.5) is 0 Å². The summed E-state index contributed by atoms with van der Waals surface area (Å²) in [7, 11) is 0. The van der Waals surface area contributed by atoms with Crippen LogP contribution in [0.2, 0.25) is 0 Å². The van der Waals surface area contributed by atoms with E-state index in [1.54, 1.807) is 42.5 Å². The van der Waals surface area contributed by atoms with Gasteiger partial charge in [0.15, 0.2) is 5.78 Å². The van der Waals surface area contributed by atoms with Gasteiger partial charge in [0.2, 0.25) is 0 Å². The topological polar surface area (TPSA) is 72.8 Å². The molecular weight excluding hydrogens is 308 g/mol. The highest BCUT2D eigenvalue weighted by atomic mass is 16.5. The molecule has 0 aliphatic carbocycles. The maximum absolute atomic E-state index is 12.5. The van der Waals surface area contributed by atoms with Crippen LogP contribution >= 0.6 is 0 Å². The fraction of sp³-hybridized carbons (Fsp3) is 0.158. The molecule has 1 N–H and O–H groups in total. The molecule has 0 amide bonds. The number of rotatable bonds is 5. The van der Waals surface area contributed by atoms with Gasteiger partial charge in [0, 0.05) is 5.57 Å². The Kier molecular flexibility index (Phi) is 4.61. The van der Waals surface area contributed by atoms with E-state index in [9.17, 15) is 9.59 Å². The maximum atomic E-state index is 12.5. The molecule has 0 aromatic heterocycles. The van der Waals surface area contributed by atoms with Gasteiger partial charge in [-0.15, -0.1) is 0 Å². The van der Waals surface area contributed by atoms with Crippen molar-refractivity contribution >= 4 is 17.8 Å². The number of ether oxygens (including phenoxy) is 2. The first-order valence-corrected chi connectivity index (χ1v) is 7.55. The smallest absolute Gasteiger partial charge is 0.306 e. The zero-order valence-electron chi connectivity index (χ0n) is 12.9. The van der Waals surface area contributed by atoms with Crippen LogP contribution in [0.15, 0.2) is 54.1 Å². The predicted octanol–water partition coefficient (Wildman–Crippen LogP) is 3.20. The zero-order chi connectivity index (χ0) is 16.9. The van der Waals surface area contributed by atoms with Gasteiger partial charge < -0.3 is 14.6 Å². The minimum absolute atomic E-state index is 0.0472. The van der Waals surface area contributed by atoms with E-state index in [-0.39, 0.29) is 25.4 Å². The van der Waals surface area contributed by atoms with E-state index < -0.39 is 5.97 Å². The number of carboxylic acid groups (broad SMARTS) is 1. The van der Waals surface area contributed by atoms with Gasteiger partial charge in [-0.25, -0.2) is 0 Å². The summed E-state index contributed by atoms with van der Waals surface area (Å²) in [6.45, 7) is 0.324. The van der Waals surface area contributed by atoms with E-state index in [0.717, 1.165) is 5.56 Å². The fourth-order valence-electron chi connectivity index (χ4n) is 2.43. The third-order valence-electron chi connectivity index (χ3n) is 3.59. The third-order valence-corrected chi connectivity index (χ3v) is 3.59. The van der Waals surface area contributed by atoms with Gasteiger partial charge in [-0.05, 0) is 35.9 Å². The molecule has 122 valence electrons. The van der Waals surface area contributed by atoms with Crippen LogP contribution in [0, 0.1) is 0 Å². The van der Waals surface area contributed by atoms with E-state index in [4.69, 9.17) is 14.6 Å². The summed E-state index contributed by atoms with van der Waals surface area (Å²) in [5.74, 6) is 0.214. The average Bonchev–Trinajstić information content (AvgIpc) is 2.58. The van der Waals surface area contributed by atoms with Gasteiger partial charge in [0.1, 0.15) is 18.1 Å². The van der Waals surface area contributed by atoms with Gasteiger partial charge in [0.25, 0.3) is 0 Å². The Balaban J connectivity index is 1.77. The Morgan fingerprint density at radius 1 is 1.21 bits per heavy atom. The van der Waals surface area contributed by atoms with Crippen LogP contribution in [-0.4, -0.2) is 30.1 Å². The summed E-state index contributed by atoms with van der Waals surface area (Å²) in [5, 5.41) is 8.63. The number of carboxylic acids is 1. The first kappa shape index (κ1) is 15.8. The lowest BCUT2D eigenvalue weighted by atomic mass is 9.98. The van der Waals surface area contributed by atoms with Crippen LogP contribution in [-0.2, 0) is 4.79 Å². The van der Waals surface area contributed by atoms with Crippen molar-refractivity contribution in [3.05, 3.63) is 65.2 Å². The Morgan fingerprint density at radius 2 is 2.04 bits per heavy atom. The largest absolute Gasteiger partial charge is 0.493 e. The molecule has 0 spiro atoms. The lowest BCUT2D eigenvalue weighted by Crippen LogP contribution is -2.18. The molecule has 1 aliphatic heterocycles. The average molecular weight is 324 g/mol. The predicted molar refractivity (Wildman–Crippen MR) is 88.4 cm³/mol. The molecule has 5 heteroatoms. The zero-order valence-corrected chi connectivity index (χ0v) is 12.9. The number of carbonyl (C=O) groups is 2. The lowest BCUT2D eigenvalue weighted by molar-refractivity contribution is -0.137.